The Morgan fingerprint density at radius 3 is 2.65 bits per heavy atom. The molecule has 6 heteroatoms. The molecule has 3 rings (SSSR count). The second-order valence-corrected chi connectivity index (χ2v) is 7.24. The average molecular weight is 414 g/mol. The minimum atomic E-state index is -0.0808. The molecule has 0 fully saturated rings. The van der Waals surface area contributed by atoms with Crippen molar-refractivity contribution in [2.24, 2.45) is 0 Å². The van der Waals surface area contributed by atoms with Gasteiger partial charge in [0.2, 0.25) is 11.7 Å². The van der Waals surface area contributed by atoms with Crippen LogP contribution in [0.4, 0.5) is 0 Å². The Kier molecular flexibility index (Phi) is 5.52. The van der Waals surface area contributed by atoms with Crippen molar-refractivity contribution in [3.8, 4) is 11.4 Å². The number of aromatic nitrogens is 2. The van der Waals surface area contributed by atoms with Crippen LogP contribution in [0.1, 0.15) is 35.7 Å². The molecule has 0 spiro atoms. The van der Waals surface area contributed by atoms with Crippen LogP contribution in [0.15, 0.2) is 57.5 Å². The van der Waals surface area contributed by atoms with E-state index in [9.17, 15) is 4.79 Å². The summed E-state index contributed by atoms with van der Waals surface area (Å²) in [6, 6.07) is 15.3. The standard InChI is InChI=1S/C20H20BrN3O2/c1-13(2)24(20(25)16-9-4-5-10-17(16)21)12-18-22-19(23-26-18)15-8-6-7-14(3)11-15/h4-11,13H,12H2,1-3H3. The third kappa shape index (κ3) is 4.02. The molecule has 26 heavy (non-hydrogen) atoms. The molecule has 2 aromatic carbocycles. The maximum absolute atomic E-state index is 12.9. The van der Waals surface area contributed by atoms with Crippen LogP contribution in [0.5, 0.6) is 0 Å². The van der Waals surface area contributed by atoms with Crippen molar-refractivity contribution in [3.05, 3.63) is 70.0 Å². The van der Waals surface area contributed by atoms with Crippen molar-refractivity contribution < 1.29 is 9.32 Å². The fourth-order valence-electron chi connectivity index (χ4n) is 2.64. The number of halogens is 1. The van der Waals surface area contributed by atoms with Crippen LogP contribution in [0.25, 0.3) is 11.4 Å². The Morgan fingerprint density at radius 2 is 1.96 bits per heavy atom. The van der Waals surface area contributed by atoms with E-state index in [-0.39, 0.29) is 18.5 Å². The predicted molar refractivity (Wildman–Crippen MR) is 104 cm³/mol. The number of amides is 1. The monoisotopic (exact) mass is 413 g/mol. The summed E-state index contributed by atoms with van der Waals surface area (Å²) in [6.45, 7) is 6.21. The highest BCUT2D eigenvalue weighted by Crippen LogP contribution is 2.22. The van der Waals surface area contributed by atoms with E-state index in [0.717, 1.165) is 15.6 Å². The number of benzene rings is 2. The molecular formula is C20H20BrN3O2. The smallest absolute Gasteiger partial charge is 0.255 e. The molecule has 0 atom stereocenters. The second-order valence-electron chi connectivity index (χ2n) is 6.39. The van der Waals surface area contributed by atoms with E-state index in [1.54, 1.807) is 11.0 Å². The molecule has 1 amide bonds. The van der Waals surface area contributed by atoms with Gasteiger partial charge in [0.1, 0.15) is 6.54 Å². The normalized spacial score (nSPS) is 11.0. The van der Waals surface area contributed by atoms with Gasteiger partial charge in [-0.25, -0.2) is 0 Å². The van der Waals surface area contributed by atoms with Crippen molar-refractivity contribution in [3.63, 3.8) is 0 Å². The molecule has 1 heterocycles. The Morgan fingerprint density at radius 1 is 1.19 bits per heavy atom. The van der Waals surface area contributed by atoms with Gasteiger partial charge >= 0.3 is 0 Å². The second kappa shape index (κ2) is 7.83. The summed E-state index contributed by atoms with van der Waals surface area (Å²) >= 11 is 3.44. The van der Waals surface area contributed by atoms with Gasteiger partial charge in [-0.15, -0.1) is 0 Å². The maximum atomic E-state index is 12.9. The summed E-state index contributed by atoms with van der Waals surface area (Å²) in [5, 5.41) is 4.06. The number of carbonyl (C=O) groups is 1. The molecule has 0 aliphatic heterocycles. The van der Waals surface area contributed by atoms with Crippen LogP contribution >= 0.6 is 15.9 Å². The van der Waals surface area contributed by atoms with E-state index in [4.69, 9.17) is 4.52 Å². The van der Waals surface area contributed by atoms with E-state index >= 15 is 0 Å². The highest BCUT2D eigenvalue weighted by molar-refractivity contribution is 9.10. The lowest BCUT2D eigenvalue weighted by Gasteiger charge is -2.25. The highest BCUT2D eigenvalue weighted by Gasteiger charge is 2.23. The van der Waals surface area contributed by atoms with Gasteiger partial charge in [0, 0.05) is 16.1 Å². The zero-order valence-corrected chi connectivity index (χ0v) is 16.5. The fourth-order valence-corrected chi connectivity index (χ4v) is 3.10. The molecule has 5 nitrogen and oxygen atoms in total. The van der Waals surface area contributed by atoms with Crippen molar-refractivity contribution in [2.75, 3.05) is 0 Å². The first kappa shape index (κ1) is 18.3. The van der Waals surface area contributed by atoms with Gasteiger partial charge in [0.05, 0.1) is 5.56 Å². The topological polar surface area (TPSA) is 59.2 Å². The van der Waals surface area contributed by atoms with E-state index < -0.39 is 0 Å². The zero-order valence-electron chi connectivity index (χ0n) is 14.9. The van der Waals surface area contributed by atoms with Crippen LogP contribution in [-0.2, 0) is 6.54 Å². The van der Waals surface area contributed by atoms with Crippen LogP contribution in [0.2, 0.25) is 0 Å². The molecule has 3 aromatic rings. The Hall–Kier alpha value is -2.47. The molecule has 0 aliphatic rings. The highest BCUT2D eigenvalue weighted by atomic mass is 79.9. The molecule has 0 aliphatic carbocycles. The molecule has 0 unspecified atom stereocenters. The van der Waals surface area contributed by atoms with Gasteiger partial charge in [-0.3, -0.25) is 4.79 Å². The Balaban J connectivity index is 1.83. The van der Waals surface area contributed by atoms with Crippen molar-refractivity contribution in [1.82, 2.24) is 15.0 Å². The summed E-state index contributed by atoms with van der Waals surface area (Å²) in [6.07, 6.45) is 0. The third-order valence-electron chi connectivity index (χ3n) is 4.04. The van der Waals surface area contributed by atoms with Gasteiger partial charge < -0.3 is 9.42 Å². The number of hydrogen-bond donors (Lipinski definition) is 0. The van der Waals surface area contributed by atoms with E-state index in [1.165, 1.54) is 0 Å². The Labute approximate surface area is 161 Å². The molecular weight excluding hydrogens is 394 g/mol. The quantitative estimate of drug-likeness (QED) is 0.599. The first-order valence-corrected chi connectivity index (χ1v) is 9.20. The van der Waals surface area contributed by atoms with Gasteiger partial charge in [0.25, 0.3) is 5.91 Å². The minimum absolute atomic E-state index is 0.0103. The SMILES string of the molecule is Cc1cccc(-c2noc(CN(C(=O)c3ccccc3Br)C(C)C)n2)c1. The zero-order chi connectivity index (χ0) is 18.7. The van der Waals surface area contributed by atoms with Crippen LogP contribution in [0.3, 0.4) is 0 Å². The summed E-state index contributed by atoms with van der Waals surface area (Å²) < 4.78 is 6.15. The Bertz CT molecular complexity index is 921. The summed E-state index contributed by atoms with van der Waals surface area (Å²) in [4.78, 5) is 19.1. The van der Waals surface area contributed by atoms with Crippen LogP contribution < -0.4 is 0 Å². The molecule has 0 bridgehead atoms. The van der Waals surface area contributed by atoms with Gasteiger partial charge in [-0.2, -0.15) is 4.98 Å². The number of rotatable bonds is 5. The third-order valence-corrected chi connectivity index (χ3v) is 4.73. The van der Waals surface area contributed by atoms with Gasteiger partial charge in [0.15, 0.2) is 0 Å². The van der Waals surface area contributed by atoms with E-state index in [0.29, 0.717) is 17.3 Å². The van der Waals surface area contributed by atoms with Gasteiger partial charge in [-0.05, 0) is 54.9 Å². The van der Waals surface area contributed by atoms with Crippen molar-refractivity contribution >= 4 is 21.8 Å². The number of aryl methyl sites for hydroxylation is 1. The molecule has 1 aromatic heterocycles. The molecule has 134 valence electrons. The molecule has 0 saturated heterocycles. The lowest BCUT2D eigenvalue weighted by atomic mass is 10.1. The van der Waals surface area contributed by atoms with Crippen LogP contribution in [-0.4, -0.2) is 27.0 Å². The maximum Gasteiger partial charge on any atom is 0.255 e. The first-order chi connectivity index (χ1) is 12.5. The van der Waals surface area contributed by atoms with Gasteiger partial charge in [-0.1, -0.05) is 41.1 Å². The molecule has 0 N–H and O–H groups in total. The number of nitrogens with zero attached hydrogens (tertiary/aromatic N) is 3. The predicted octanol–water partition coefficient (Wildman–Crippen LogP) is 4.86. The number of carbonyl (C=O) groups excluding carboxylic acids is 1. The minimum Gasteiger partial charge on any atom is -0.337 e. The fraction of sp³-hybridized carbons (Fsp3) is 0.250. The van der Waals surface area contributed by atoms with Crippen LogP contribution in [0, 0.1) is 6.92 Å². The largest absolute Gasteiger partial charge is 0.337 e. The first-order valence-electron chi connectivity index (χ1n) is 8.41. The average Bonchev–Trinajstić information content (AvgIpc) is 3.08. The van der Waals surface area contributed by atoms with Crippen molar-refractivity contribution in [1.29, 1.82) is 0 Å². The lowest BCUT2D eigenvalue weighted by Crippen LogP contribution is -2.36. The van der Waals surface area contributed by atoms with E-state index in [1.807, 2.05) is 63.2 Å². The van der Waals surface area contributed by atoms with Crippen molar-refractivity contribution in [2.45, 2.75) is 33.4 Å². The summed E-state index contributed by atoms with van der Waals surface area (Å²) in [5.74, 6) is 0.860. The molecule has 0 radical (unpaired) electrons. The molecule has 0 saturated carbocycles. The van der Waals surface area contributed by atoms with E-state index in [2.05, 4.69) is 26.1 Å². The number of hydrogen-bond acceptors (Lipinski definition) is 4. The lowest BCUT2D eigenvalue weighted by molar-refractivity contribution is 0.0666. The summed E-state index contributed by atoms with van der Waals surface area (Å²) in [7, 11) is 0. The summed E-state index contributed by atoms with van der Waals surface area (Å²) in [5.41, 5.74) is 2.63.